The number of aromatic nitrogens is 2. The molecule has 4 nitrogen and oxygen atoms in total. The molecule has 2 unspecified atom stereocenters. The molecule has 2 fully saturated rings. The lowest BCUT2D eigenvalue weighted by molar-refractivity contribution is 0.0415. The highest BCUT2D eigenvalue weighted by molar-refractivity contribution is 9.10. The highest BCUT2D eigenvalue weighted by Gasteiger charge is 2.63. The van der Waals surface area contributed by atoms with Crippen LogP contribution in [0.2, 0.25) is 0 Å². The molecule has 1 aromatic heterocycles. The Bertz CT molecular complexity index is 393. The minimum absolute atomic E-state index is 0.0513. The van der Waals surface area contributed by atoms with E-state index >= 15 is 0 Å². The van der Waals surface area contributed by atoms with Crippen LogP contribution in [0, 0.1) is 0 Å². The van der Waals surface area contributed by atoms with Gasteiger partial charge in [-0.2, -0.15) is 5.10 Å². The molecule has 0 bridgehead atoms. The van der Waals surface area contributed by atoms with Crippen molar-refractivity contribution >= 4 is 15.9 Å². The number of fused-ring (bicyclic) bond motifs is 1. The molecule has 2 aliphatic rings. The molecule has 3 rings (SSSR count). The van der Waals surface area contributed by atoms with E-state index in [0.717, 1.165) is 36.2 Å². The predicted octanol–water partition coefficient (Wildman–Crippen LogP) is 2.03. The lowest BCUT2D eigenvalue weighted by Gasteiger charge is -2.18. The van der Waals surface area contributed by atoms with Gasteiger partial charge in [-0.05, 0) is 35.7 Å². The Morgan fingerprint density at radius 3 is 3.33 bits per heavy atom. The van der Waals surface area contributed by atoms with Crippen molar-refractivity contribution in [3.05, 3.63) is 16.4 Å². The fraction of sp³-hybridized carbons (Fsp3) is 0.700. The molecule has 2 saturated heterocycles. The molecule has 0 aliphatic carbocycles. The van der Waals surface area contributed by atoms with Gasteiger partial charge in [0.15, 0.2) is 11.9 Å². The maximum atomic E-state index is 5.72. The molecule has 5 heteroatoms. The van der Waals surface area contributed by atoms with Gasteiger partial charge in [0.25, 0.3) is 0 Å². The number of hydrogen-bond acceptors (Lipinski definition) is 3. The average Bonchev–Trinajstić information content (AvgIpc) is 2.87. The standard InChI is InChI=1S/C10H13BrN2O2/c1-2-13-8(7(11)6-12-13)10-4-3-5-14-9(10)15-10/h6,9H,2-5H2,1H3. The van der Waals surface area contributed by atoms with Gasteiger partial charge in [0.2, 0.25) is 0 Å². The number of aryl methyl sites for hydroxylation is 1. The number of ether oxygens (including phenoxy) is 2. The smallest absolute Gasteiger partial charge is 0.193 e. The molecule has 0 aromatic carbocycles. The summed E-state index contributed by atoms with van der Waals surface area (Å²) < 4.78 is 14.3. The molecule has 0 spiro atoms. The van der Waals surface area contributed by atoms with E-state index in [1.807, 2.05) is 10.9 Å². The Labute approximate surface area is 96.7 Å². The average molecular weight is 273 g/mol. The van der Waals surface area contributed by atoms with E-state index in [-0.39, 0.29) is 11.9 Å². The maximum Gasteiger partial charge on any atom is 0.193 e. The summed E-state index contributed by atoms with van der Waals surface area (Å²) in [6, 6.07) is 0. The number of halogens is 1. The molecule has 82 valence electrons. The molecule has 2 aliphatic heterocycles. The minimum Gasteiger partial charge on any atom is -0.349 e. The second-order valence-electron chi connectivity index (χ2n) is 3.97. The van der Waals surface area contributed by atoms with Crippen LogP contribution in [0.25, 0.3) is 0 Å². The topological polar surface area (TPSA) is 39.6 Å². The van der Waals surface area contributed by atoms with Crippen molar-refractivity contribution in [2.45, 2.75) is 38.2 Å². The van der Waals surface area contributed by atoms with Crippen molar-refractivity contribution in [3.8, 4) is 0 Å². The molecular weight excluding hydrogens is 260 g/mol. The van der Waals surface area contributed by atoms with Crippen molar-refractivity contribution < 1.29 is 9.47 Å². The van der Waals surface area contributed by atoms with Gasteiger partial charge in [0.05, 0.1) is 23.0 Å². The van der Waals surface area contributed by atoms with Crippen molar-refractivity contribution in [1.29, 1.82) is 0 Å². The van der Waals surface area contributed by atoms with Crippen LogP contribution < -0.4 is 0 Å². The van der Waals surface area contributed by atoms with Crippen molar-refractivity contribution in [3.63, 3.8) is 0 Å². The second kappa shape index (κ2) is 3.30. The first-order valence-electron chi connectivity index (χ1n) is 5.29. The first kappa shape index (κ1) is 9.81. The fourth-order valence-corrected chi connectivity index (χ4v) is 2.97. The van der Waals surface area contributed by atoms with Gasteiger partial charge in [0.1, 0.15) is 0 Å². The molecule has 1 aromatic rings. The summed E-state index contributed by atoms with van der Waals surface area (Å²) in [6.07, 6.45) is 3.87. The van der Waals surface area contributed by atoms with Gasteiger partial charge in [-0.3, -0.25) is 4.68 Å². The summed E-state index contributed by atoms with van der Waals surface area (Å²) in [5.41, 5.74) is 0.915. The van der Waals surface area contributed by atoms with Crippen LogP contribution in [0.4, 0.5) is 0 Å². The predicted molar refractivity (Wildman–Crippen MR) is 57.3 cm³/mol. The van der Waals surface area contributed by atoms with Gasteiger partial charge in [0, 0.05) is 6.54 Å². The number of hydrogen-bond donors (Lipinski definition) is 0. The summed E-state index contributed by atoms with van der Waals surface area (Å²) >= 11 is 3.54. The zero-order chi connectivity index (χ0) is 10.5. The third kappa shape index (κ3) is 1.30. The molecule has 0 N–H and O–H groups in total. The lowest BCUT2D eigenvalue weighted by Crippen LogP contribution is -2.24. The van der Waals surface area contributed by atoms with Crippen LogP contribution in [0.3, 0.4) is 0 Å². The third-order valence-electron chi connectivity index (χ3n) is 3.10. The molecule has 3 heterocycles. The summed E-state index contributed by atoms with van der Waals surface area (Å²) in [5, 5.41) is 4.32. The van der Waals surface area contributed by atoms with E-state index < -0.39 is 0 Å². The van der Waals surface area contributed by atoms with Gasteiger partial charge in [-0.25, -0.2) is 0 Å². The summed E-state index contributed by atoms with van der Waals surface area (Å²) in [4.78, 5) is 0. The lowest BCUT2D eigenvalue weighted by atomic mass is 9.97. The van der Waals surface area contributed by atoms with Crippen molar-refractivity contribution in [2.24, 2.45) is 0 Å². The molecule has 2 atom stereocenters. The van der Waals surface area contributed by atoms with Crippen LogP contribution in [-0.4, -0.2) is 22.7 Å². The Hall–Kier alpha value is -0.390. The van der Waals surface area contributed by atoms with E-state index in [0.29, 0.717) is 0 Å². The van der Waals surface area contributed by atoms with Crippen molar-refractivity contribution in [1.82, 2.24) is 9.78 Å². The normalized spacial score (nSPS) is 33.9. The summed E-state index contributed by atoms with van der Waals surface area (Å²) in [5.74, 6) is 0. The van der Waals surface area contributed by atoms with Gasteiger partial charge in [-0.15, -0.1) is 0 Å². The van der Waals surface area contributed by atoms with E-state index in [1.165, 1.54) is 0 Å². The van der Waals surface area contributed by atoms with E-state index in [4.69, 9.17) is 9.47 Å². The van der Waals surface area contributed by atoms with Crippen LogP contribution in [0.5, 0.6) is 0 Å². The first-order chi connectivity index (χ1) is 7.28. The summed E-state index contributed by atoms with van der Waals surface area (Å²) in [7, 11) is 0. The Morgan fingerprint density at radius 2 is 2.60 bits per heavy atom. The molecule has 15 heavy (non-hydrogen) atoms. The van der Waals surface area contributed by atoms with Crippen LogP contribution in [-0.2, 0) is 21.6 Å². The molecular formula is C10H13BrN2O2. The SMILES string of the molecule is CCn1ncc(Br)c1C12CCCOC1O2. The highest BCUT2D eigenvalue weighted by atomic mass is 79.9. The Kier molecular flexibility index (Phi) is 2.16. The zero-order valence-electron chi connectivity index (χ0n) is 8.57. The fourth-order valence-electron chi connectivity index (χ4n) is 2.34. The first-order valence-corrected chi connectivity index (χ1v) is 6.08. The van der Waals surface area contributed by atoms with E-state index in [2.05, 4.69) is 28.0 Å². The van der Waals surface area contributed by atoms with Gasteiger partial charge < -0.3 is 9.47 Å². The third-order valence-corrected chi connectivity index (χ3v) is 3.68. The number of rotatable bonds is 2. The van der Waals surface area contributed by atoms with Crippen molar-refractivity contribution in [2.75, 3.05) is 6.61 Å². The van der Waals surface area contributed by atoms with Crippen LogP contribution >= 0.6 is 15.9 Å². The maximum absolute atomic E-state index is 5.72. The molecule has 0 saturated carbocycles. The quantitative estimate of drug-likeness (QED) is 0.774. The number of epoxide rings is 1. The van der Waals surface area contributed by atoms with E-state index in [9.17, 15) is 0 Å². The monoisotopic (exact) mass is 272 g/mol. The molecule has 0 amide bonds. The van der Waals surface area contributed by atoms with Gasteiger partial charge in [-0.1, -0.05) is 0 Å². The number of nitrogens with zero attached hydrogens (tertiary/aromatic N) is 2. The van der Waals surface area contributed by atoms with Gasteiger partial charge >= 0.3 is 0 Å². The highest BCUT2D eigenvalue weighted by Crippen LogP contribution is 2.54. The van der Waals surface area contributed by atoms with Crippen LogP contribution in [0.15, 0.2) is 10.7 Å². The minimum atomic E-state index is -0.219. The molecule has 0 radical (unpaired) electrons. The zero-order valence-corrected chi connectivity index (χ0v) is 10.2. The Morgan fingerprint density at radius 1 is 1.73 bits per heavy atom. The Balaban J connectivity index is 2.01. The second-order valence-corrected chi connectivity index (χ2v) is 4.82. The largest absolute Gasteiger partial charge is 0.349 e. The van der Waals surface area contributed by atoms with E-state index in [1.54, 1.807) is 0 Å². The summed E-state index contributed by atoms with van der Waals surface area (Å²) in [6.45, 7) is 3.75. The van der Waals surface area contributed by atoms with Crippen LogP contribution in [0.1, 0.15) is 25.5 Å².